The van der Waals surface area contributed by atoms with E-state index in [2.05, 4.69) is 21.2 Å². The largest absolute Gasteiger partial charge is 0.461 e. The monoisotopic (exact) mass is 496 g/mol. The van der Waals surface area contributed by atoms with Crippen LogP contribution in [0.15, 0.2) is 65.8 Å². The molecule has 0 aliphatic rings. The first-order valence-electron chi connectivity index (χ1n) is 12.0. The van der Waals surface area contributed by atoms with Gasteiger partial charge >= 0.3 is 18.1 Å². The van der Waals surface area contributed by atoms with Gasteiger partial charge in [-0.25, -0.2) is 19.8 Å². The van der Waals surface area contributed by atoms with Gasteiger partial charge in [-0.15, -0.1) is 0 Å². The van der Waals surface area contributed by atoms with Crippen molar-refractivity contribution in [2.75, 3.05) is 6.61 Å². The van der Waals surface area contributed by atoms with Crippen LogP contribution < -0.4 is 16.1 Å². The Hall–Kier alpha value is -3.88. The van der Waals surface area contributed by atoms with Gasteiger partial charge in [-0.3, -0.25) is 0 Å². The van der Waals surface area contributed by atoms with Crippen LogP contribution in [0.3, 0.4) is 0 Å². The highest BCUT2D eigenvalue weighted by Gasteiger charge is 2.28. The van der Waals surface area contributed by atoms with E-state index in [1.54, 1.807) is 27.7 Å². The minimum Gasteiger partial charge on any atom is -0.461 e. The lowest BCUT2D eigenvalue weighted by Gasteiger charge is -2.24. The fourth-order valence-electron chi connectivity index (χ4n) is 3.41. The van der Waals surface area contributed by atoms with Crippen LogP contribution in [0.2, 0.25) is 0 Å². The van der Waals surface area contributed by atoms with Crippen molar-refractivity contribution < 1.29 is 23.9 Å². The molecule has 2 rings (SSSR count). The second-order valence-corrected chi connectivity index (χ2v) is 9.04. The number of esters is 1. The Bertz CT molecular complexity index is 980. The first-order chi connectivity index (χ1) is 17.1. The molecular weight excluding hydrogens is 460 g/mol. The number of nitrogens with one attached hydrogen (secondary N) is 3. The number of hydrazone groups is 1. The summed E-state index contributed by atoms with van der Waals surface area (Å²) in [5, 5.41) is 9.62. The Morgan fingerprint density at radius 1 is 0.889 bits per heavy atom. The van der Waals surface area contributed by atoms with Crippen LogP contribution in [0.25, 0.3) is 0 Å². The normalized spacial score (nSPS) is 12.4. The van der Waals surface area contributed by atoms with E-state index in [0.29, 0.717) is 12.8 Å². The zero-order valence-corrected chi connectivity index (χ0v) is 21.5. The van der Waals surface area contributed by atoms with Gasteiger partial charge in [0.2, 0.25) is 0 Å². The van der Waals surface area contributed by atoms with Gasteiger partial charge in [0.1, 0.15) is 5.60 Å². The van der Waals surface area contributed by atoms with E-state index in [9.17, 15) is 14.4 Å². The minimum absolute atomic E-state index is 0.111. The van der Waals surface area contributed by atoms with E-state index in [1.165, 1.54) is 0 Å². The Kier molecular flexibility index (Phi) is 10.9. The molecule has 0 radical (unpaired) electrons. The number of hydrogen-bond donors (Lipinski definition) is 3. The van der Waals surface area contributed by atoms with Crippen molar-refractivity contribution in [3.8, 4) is 0 Å². The van der Waals surface area contributed by atoms with Crippen LogP contribution in [0, 0.1) is 0 Å². The molecule has 0 saturated carbocycles. The van der Waals surface area contributed by atoms with Crippen molar-refractivity contribution in [3.05, 3.63) is 71.8 Å². The third-order valence-electron chi connectivity index (χ3n) is 4.90. The molecule has 0 bridgehead atoms. The van der Waals surface area contributed by atoms with Crippen LogP contribution in [0.4, 0.5) is 9.59 Å². The highest BCUT2D eigenvalue weighted by atomic mass is 16.6. The molecule has 1 unspecified atom stereocenters. The SMILES string of the molecule is CCCC(NC(=O)OC(C)(C)C)C(=NNC(=O)NC(c1ccccc1)c1ccccc1)C(=O)OCC. The van der Waals surface area contributed by atoms with Gasteiger partial charge in [-0.1, -0.05) is 74.0 Å². The van der Waals surface area contributed by atoms with Crippen LogP contribution in [0.1, 0.15) is 64.6 Å². The molecule has 0 saturated heterocycles. The number of carbonyl (C=O) groups excluding carboxylic acids is 3. The average molecular weight is 497 g/mol. The molecule has 194 valence electrons. The van der Waals surface area contributed by atoms with E-state index in [0.717, 1.165) is 11.1 Å². The van der Waals surface area contributed by atoms with Crippen molar-refractivity contribution in [1.29, 1.82) is 0 Å². The lowest BCUT2D eigenvalue weighted by molar-refractivity contribution is -0.135. The molecule has 9 heteroatoms. The fraction of sp³-hybridized carbons (Fsp3) is 0.407. The molecule has 1 atom stereocenters. The Labute approximate surface area is 212 Å². The molecule has 0 aliphatic heterocycles. The number of alkyl carbamates (subject to hydrolysis) is 1. The summed E-state index contributed by atoms with van der Waals surface area (Å²) in [5.41, 5.74) is 3.31. The predicted octanol–water partition coefficient (Wildman–Crippen LogP) is 4.69. The number of rotatable bonds is 10. The van der Waals surface area contributed by atoms with Crippen LogP contribution in [-0.4, -0.2) is 42.1 Å². The van der Waals surface area contributed by atoms with Gasteiger partial charge in [-0.05, 0) is 45.2 Å². The molecular formula is C27H36N4O5. The Morgan fingerprint density at radius 2 is 1.44 bits per heavy atom. The highest BCUT2D eigenvalue weighted by molar-refractivity contribution is 6.38. The third kappa shape index (κ3) is 9.40. The van der Waals surface area contributed by atoms with E-state index in [1.807, 2.05) is 67.6 Å². The number of hydrogen-bond acceptors (Lipinski definition) is 6. The fourth-order valence-corrected chi connectivity index (χ4v) is 3.41. The first-order valence-corrected chi connectivity index (χ1v) is 12.0. The molecule has 0 heterocycles. The van der Waals surface area contributed by atoms with Crippen molar-refractivity contribution in [2.24, 2.45) is 5.10 Å². The second-order valence-electron chi connectivity index (χ2n) is 9.04. The number of benzene rings is 2. The van der Waals surface area contributed by atoms with E-state index in [4.69, 9.17) is 9.47 Å². The zero-order valence-electron chi connectivity index (χ0n) is 21.5. The van der Waals surface area contributed by atoms with Gasteiger partial charge in [0.15, 0.2) is 5.71 Å². The number of carbonyl (C=O) groups is 3. The smallest absolute Gasteiger partial charge is 0.408 e. The van der Waals surface area contributed by atoms with Gasteiger partial charge in [-0.2, -0.15) is 5.10 Å². The van der Waals surface area contributed by atoms with E-state index in [-0.39, 0.29) is 12.3 Å². The Balaban J connectivity index is 2.26. The lowest BCUT2D eigenvalue weighted by Crippen LogP contribution is -2.47. The summed E-state index contributed by atoms with van der Waals surface area (Å²) in [6.07, 6.45) is 0.321. The number of ether oxygens (including phenoxy) is 2. The van der Waals surface area contributed by atoms with E-state index >= 15 is 0 Å². The van der Waals surface area contributed by atoms with Crippen molar-refractivity contribution >= 4 is 23.8 Å². The summed E-state index contributed by atoms with van der Waals surface area (Å²) >= 11 is 0. The summed E-state index contributed by atoms with van der Waals surface area (Å²) in [6.45, 7) is 8.89. The summed E-state index contributed by atoms with van der Waals surface area (Å²) < 4.78 is 10.5. The maximum Gasteiger partial charge on any atom is 0.408 e. The second kappa shape index (κ2) is 13.9. The van der Waals surface area contributed by atoms with Crippen LogP contribution in [-0.2, 0) is 14.3 Å². The quantitative estimate of drug-likeness (QED) is 0.251. The summed E-state index contributed by atoms with van der Waals surface area (Å²) in [5.74, 6) is -0.741. The number of urea groups is 1. The summed E-state index contributed by atoms with van der Waals surface area (Å²) in [7, 11) is 0. The van der Waals surface area contributed by atoms with Gasteiger partial charge in [0.05, 0.1) is 18.7 Å². The van der Waals surface area contributed by atoms with Crippen molar-refractivity contribution in [3.63, 3.8) is 0 Å². The molecule has 0 aromatic heterocycles. The Morgan fingerprint density at radius 3 is 1.92 bits per heavy atom. The standard InChI is InChI=1S/C27H36N4O5/c1-6-14-21(28-26(34)36-27(3,4)5)23(24(32)35-7-2)30-31-25(33)29-22(19-15-10-8-11-16-19)20-17-12-9-13-18-20/h8-13,15-18,21-22H,6-7,14H2,1-5H3,(H,28,34)(H2,29,31,33). The maximum atomic E-state index is 12.9. The van der Waals surface area contributed by atoms with Crippen LogP contribution >= 0.6 is 0 Å². The minimum atomic E-state index is -0.816. The van der Waals surface area contributed by atoms with Gasteiger partial charge in [0, 0.05) is 0 Å². The van der Waals surface area contributed by atoms with Gasteiger partial charge < -0.3 is 20.1 Å². The van der Waals surface area contributed by atoms with Crippen molar-refractivity contribution in [2.45, 2.75) is 65.1 Å². The highest BCUT2D eigenvalue weighted by Crippen LogP contribution is 2.21. The number of amides is 3. The third-order valence-corrected chi connectivity index (χ3v) is 4.90. The summed E-state index contributed by atoms with van der Waals surface area (Å²) in [4.78, 5) is 38.0. The maximum absolute atomic E-state index is 12.9. The van der Waals surface area contributed by atoms with Crippen LogP contribution in [0.5, 0.6) is 0 Å². The molecule has 2 aromatic carbocycles. The lowest BCUT2D eigenvalue weighted by atomic mass is 9.99. The van der Waals surface area contributed by atoms with Crippen molar-refractivity contribution in [1.82, 2.24) is 16.1 Å². The van der Waals surface area contributed by atoms with E-state index < -0.39 is 35.8 Å². The topological polar surface area (TPSA) is 118 Å². The molecule has 0 spiro atoms. The first kappa shape index (κ1) is 28.4. The molecule has 0 fully saturated rings. The molecule has 0 aliphatic carbocycles. The molecule has 36 heavy (non-hydrogen) atoms. The predicted molar refractivity (Wildman–Crippen MR) is 139 cm³/mol. The summed E-state index contributed by atoms with van der Waals surface area (Å²) in [6, 6.07) is 17.1. The molecule has 3 amide bonds. The molecule has 3 N–H and O–H groups in total. The average Bonchev–Trinajstić information content (AvgIpc) is 2.83. The zero-order chi connectivity index (χ0) is 26.6. The number of nitrogens with zero attached hydrogens (tertiary/aromatic N) is 1. The van der Waals surface area contributed by atoms with Gasteiger partial charge in [0.25, 0.3) is 0 Å². The molecule has 2 aromatic rings. The molecule has 9 nitrogen and oxygen atoms in total.